The van der Waals surface area contributed by atoms with Crippen LogP contribution in [0.3, 0.4) is 0 Å². The molecule has 4 atom stereocenters. The van der Waals surface area contributed by atoms with E-state index in [0.29, 0.717) is 11.8 Å². The maximum atomic E-state index is 4.39. The molecule has 1 N–H and O–H groups in total. The Morgan fingerprint density at radius 1 is 1.50 bits per heavy atom. The molecule has 0 aromatic carbocycles. The summed E-state index contributed by atoms with van der Waals surface area (Å²) in [6, 6.07) is 0. The second-order valence-corrected chi connectivity index (χ2v) is 5.74. The predicted octanol–water partition coefficient (Wildman–Crippen LogP) is 3.31. The van der Waals surface area contributed by atoms with E-state index in [1.807, 2.05) is 0 Å². The SMILES string of the molecule is CCCC(C)C1=C2C3CCC(C3)C2C=NN1. The van der Waals surface area contributed by atoms with Crippen LogP contribution in [0.15, 0.2) is 16.4 Å². The number of fused-ring (bicyclic) bond motifs is 5. The van der Waals surface area contributed by atoms with Gasteiger partial charge in [0.1, 0.15) is 0 Å². The number of hydrogen-bond acceptors (Lipinski definition) is 2. The minimum atomic E-state index is 0.666. The maximum absolute atomic E-state index is 4.39. The van der Waals surface area contributed by atoms with Gasteiger partial charge in [-0.25, -0.2) is 0 Å². The normalized spacial score (nSPS) is 37.5. The number of allylic oxidation sites excluding steroid dienone is 2. The van der Waals surface area contributed by atoms with Gasteiger partial charge in [-0.3, -0.25) is 5.43 Å². The summed E-state index contributed by atoms with van der Waals surface area (Å²) < 4.78 is 0. The van der Waals surface area contributed by atoms with Crippen LogP contribution in [0.4, 0.5) is 0 Å². The molecule has 3 rings (SSSR count). The Kier molecular flexibility index (Phi) is 2.53. The fourth-order valence-corrected chi connectivity index (χ4v) is 3.98. The van der Waals surface area contributed by atoms with E-state index in [1.165, 1.54) is 37.8 Å². The van der Waals surface area contributed by atoms with E-state index >= 15 is 0 Å². The van der Waals surface area contributed by atoms with Crippen LogP contribution in [0, 0.1) is 23.7 Å². The monoisotopic (exact) mass is 218 g/mol. The van der Waals surface area contributed by atoms with Gasteiger partial charge in [0, 0.05) is 17.8 Å². The summed E-state index contributed by atoms with van der Waals surface area (Å²) in [5.41, 5.74) is 6.51. The number of hydrogen-bond donors (Lipinski definition) is 1. The second kappa shape index (κ2) is 3.90. The average molecular weight is 218 g/mol. The van der Waals surface area contributed by atoms with E-state index in [0.717, 1.165) is 11.8 Å². The lowest BCUT2D eigenvalue weighted by molar-refractivity contribution is 0.457. The summed E-state index contributed by atoms with van der Waals surface area (Å²) in [6.07, 6.45) is 9.00. The molecule has 0 aromatic rings. The van der Waals surface area contributed by atoms with Gasteiger partial charge in [-0.2, -0.15) is 5.10 Å². The van der Waals surface area contributed by atoms with E-state index in [2.05, 4.69) is 30.6 Å². The van der Waals surface area contributed by atoms with Crippen LogP contribution in [0.1, 0.15) is 46.0 Å². The molecule has 1 heterocycles. The van der Waals surface area contributed by atoms with Gasteiger partial charge < -0.3 is 0 Å². The van der Waals surface area contributed by atoms with Gasteiger partial charge in [-0.15, -0.1) is 0 Å². The molecule has 0 radical (unpaired) electrons. The zero-order chi connectivity index (χ0) is 11.1. The number of nitrogens with one attached hydrogen (secondary N) is 1. The molecule has 0 aromatic heterocycles. The van der Waals surface area contributed by atoms with Crippen LogP contribution in [-0.2, 0) is 0 Å². The quantitative estimate of drug-likeness (QED) is 0.772. The predicted molar refractivity (Wildman–Crippen MR) is 67.0 cm³/mol. The zero-order valence-electron chi connectivity index (χ0n) is 10.4. The minimum absolute atomic E-state index is 0.666. The molecule has 2 bridgehead atoms. The van der Waals surface area contributed by atoms with Crippen LogP contribution in [0.5, 0.6) is 0 Å². The van der Waals surface area contributed by atoms with Crippen molar-refractivity contribution in [2.24, 2.45) is 28.8 Å². The third-order valence-electron chi connectivity index (χ3n) is 4.73. The van der Waals surface area contributed by atoms with E-state index in [9.17, 15) is 0 Å². The Bertz CT molecular complexity index is 343. The van der Waals surface area contributed by atoms with Gasteiger partial charge in [0.05, 0.1) is 0 Å². The molecule has 1 aliphatic heterocycles. The molecule has 0 saturated heterocycles. The Balaban J connectivity index is 1.91. The van der Waals surface area contributed by atoms with Crippen molar-refractivity contribution in [1.29, 1.82) is 0 Å². The number of nitrogens with zero attached hydrogens (tertiary/aromatic N) is 1. The maximum Gasteiger partial charge on any atom is 0.0365 e. The Hall–Kier alpha value is -0.790. The highest BCUT2D eigenvalue weighted by Crippen LogP contribution is 2.53. The van der Waals surface area contributed by atoms with Crippen molar-refractivity contribution >= 4 is 6.21 Å². The van der Waals surface area contributed by atoms with Crippen molar-refractivity contribution in [3.8, 4) is 0 Å². The van der Waals surface area contributed by atoms with Gasteiger partial charge >= 0.3 is 0 Å². The Morgan fingerprint density at radius 3 is 3.19 bits per heavy atom. The highest BCUT2D eigenvalue weighted by molar-refractivity contribution is 5.69. The van der Waals surface area contributed by atoms with Crippen molar-refractivity contribution in [1.82, 2.24) is 5.43 Å². The number of hydrazone groups is 1. The first-order valence-electron chi connectivity index (χ1n) is 6.84. The van der Waals surface area contributed by atoms with Crippen molar-refractivity contribution in [2.75, 3.05) is 0 Å². The van der Waals surface area contributed by atoms with Crippen LogP contribution in [0.2, 0.25) is 0 Å². The van der Waals surface area contributed by atoms with Crippen molar-refractivity contribution in [3.63, 3.8) is 0 Å². The fourth-order valence-electron chi connectivity index (χ4n) is 3.98. The van der Waals surface area contributed by atoms with Gasteiger partial charge in [-0.05, 0) is 49.0 Å². The molecule has 16 heavy (non-hydrogen) atoms. The van der Waals surface area contributed by atoms with Crippen LogP contribution >= 0.6 is 0 Å². The largest absolute Gasteiger partial charge is 0.283 e. The Labute approximate surface area is 98.2 Å². The lowest BCUT2D eigenvalue weighted by atomic mass is 9.80. The molecule has 0 spiro atoms. The third kappa shape index (κ3) is 1.42. The molecule has 4 unspecified atom stereocenters. The summed E-state index contributed by atoms with van der Waals surface area (Å²) in [4.78, 5) is 0. The van der Waals surface area contributed by atoms with E-state index in [-0.39, 0.29) is 0 Å². The minimum Gasteiger partial charge on any atom is -0.283 e. The lowest BCUT2D eigenvalue weighted by Crippen LogP contribution is -2.28. The molecule has 2 aliphatic carbocycles. The molecule has 2 saturated carbocycles. The van der Waals surface area contributed by atoms with E-state index < -0.39 is 0 Å². The first-order valence-corrected chi connectivity index (χ1v) is 6.84. The van der Waals surface area contributed by atoms with Crippen LogP contribution < -0.4 is 5.43 Å². The smallest absolute Gasteiger partial charge is 0.0365 e. The summed E-state index contributed by atoms with van der Waals surface area (Å²) in [5.74, 6) is 3.15. The molecular formula is C14H22N2. The lowest BCUT2D eigenvalue weighted by Gasteiger charge is -2.30. The summed E-state index contributed by atoms with van der Waals surface area (Å²) in [5, 5.41) is 4.39. The van der Waals surface area contributed by atoms with E-state index in [4.69, 9.17) is 0 Å². The average Bonchev–Trinajstić information content (AvgIpc) is 2.90. The van der Waals surface area contributed by atoms with Gasteiger partial charge in [-0.1, -0.05) is 20.3 Å². The second-order valence-electron chi connectivity index (χ2n) is 5.74. The van der Waals surface area contributed by atoms with Crippen molar-refractivity contribution in [2.45, 2.75) is 46.0 Å². The van der Waals surface area contributed by atoms with Crippen molar-refractivity contribution < 1.29 is 0 Å². The first kappa shape index (κ1) is 10.4. The molecule has 88 valence electrons. The van der Waals surface area contributed by atoms with E-state index in [1.54, 1.807) is 5.57 Å². The molecule has 2 fully saturated rings. The summed E-state index contributed by atoms with van der Waals surface area (Å²) >= 11 is 0. The Morgan fingerprint density at radius 2 is 2.38 bits per heavy atom. The molecule has 2 heteroatoms. The summed E-state index contributed by atoms with van der Waals surface area (Å²) in [7, 11) is 0. The van der Waals surface area contributed by atoms with Crippen LogP contribution in [0.25, 0.3) is 0 Å². The molecule has 2 nitrogen and oxygen atoms in total. The molecular weight excluding hydrogens is 196 g/mol. The molecule has 3 aliphatic rings. The third-order valence-corrected chi connectivity index (χ3v) is 4.73. The van der Waals surface area contributed by atoms with Gasteiger partial charge in [0.2, 0.25) is 0 Å². The first-order chi connectivity index (χ1) is 7.81. The van der Waals surface area contributed by atoms with Gasteiger partial charge in [0.25, 0.3) is 0 Å². The topological polar surface area (TPSA) is 24.4 Å². The molecule has 0 amide bonds. The highest BCUT2D eigenvalue weighted by atomic mass is 15.3. The standard InChI is InChI=1S/C14H22N2/c1-3-4-9(2)14-13-11-6-5-10(7-11)12(13)8-15-16-14/h8-12,16H,3-7H2,1-2H3. The van der Waals surface area contributed by atoms with Gasteiger partial charge in [0.15, 0.2) is 0 Å². The van der Waals surface area contributed by atoms with Crippen molar-refractivity contribution in [3.05, 3.63) is 11.3 Å². The van der Waals surface area contributed by atoms with Crippen LogP contribution in [-0.4, -0.2) is 6.21 Å². The summed E-state index contributed by atoms with van der Waals surface area (Å²) in [6.45, 7) is 4.62. The fraction of sp³-hybridized carbons (Fsp3) is 0.786. The zero-order valence-corrected chi connectivity index (χ0v) is 10.4. The highest BCUT2D eigenvalue weighted by Gasteiger charge is 2.45. The number of rotatable bonds is 3.